The normalized spacial score (nSPS) is 21.5. The first-order chi connectivity index (χ1) is 10.6. The van der Waals surface area contributed by atoms with Gasteiger partial charge < -0.3 is 9.47 Å². The van der Waals surface area contributed by atoms with Gasteiger partial charge in [0, 0.05) is 0 Å². The molecule has 1 aromatic rings. The summed E-state index contributed by atoms with van der Waals surface area (Å²) in [7, 11) is 1.25. The maximum Gasteiger partial charge on any atom is 0.335 e. The summed E-state index contributed by atoms with van der Waals surface area (Å²) in [5.41, 5.74) is 0.960. The Kier molecular flexibility index (Phi) is 5.08. The van der Waals surface area contributed by atoms with Crippen molar-refractivity contribution in [1.82, 2.24) is 5.01 Å². The predicted octanol–water partition coefficient (Wildman–Crippen LogP) is 1.90. The summed E-state index contributed by atoms with van der Waals surface area (Å²) < 4.78 is 9.76. The van der Waals surface area contributed by atoms with Crippen molar-refractivity contribution in [3.63, 3.8) is 0 Å². The zero-order valence-corrected chi connectivity index (χ0v) is 12.8. The molecule has 2 rings (SSSR count). The smallest absolute Gasteiger partial charge is 0.335 e. The summed E-state index contributed by atoms with van der Waals surface area (Å²) >= 11 is 0. The molecule has 118 valence electrons. The van der Waals surface area contributed by atoms with E-state index in [0.717, 1.165) is 5.56 Å². The third-order valence-corrected chi connectivity index (χ3v) is 3.51. The van der Waals surface area contributed by atoms with E-state index in [4.69, 9.17) is 9.47 Å². The maximum absolute atomic E-state index is 12.2. The van der Waals surface area contributed by atoms with Gasteiger partial charge in [0.25, 0.3) is 0 Å². The number of ether oxygens (including phenoxy) is 2. The first-order valence-electron chi connectivity index (χ1n) is 7.08. The van der Waals surface area contributed by atoms with Crippen LogP contribution in [0.2, 0.25) is 0 Å². The zero-order valence-electron chi connectivity index (χ0n) is 12.8. The van der Waals surface area contributed by atoms with Crippen LogP contribution in [0.1, 0.15) is 25.5 Å². The van der Waals surface area contributed by atoms with Crippen LogP contribution in [-0.2, 0) is 19.1 Å². The molecule has 0 spiro atoms. The summed E-state index contributed by atoms with van der Waals surface area (Å²) in [6.07, 6.45) is 0. The number of hydrogen-bond donors (Lipinski definition) is 0. The average molecular weight is 305 g/mol. The minimum atomic E-state index is -1.00. The summed E-state index contributed by atoms with van der Waals surface area (Å²) in [5.74, 6) is -1.14. The van der Waals surface area contributed by atoms with Crippen LogP contribution in [0.15, 0.2) is 40.7 Å². The Morgan fingerprint density at radius 2 is 1.95 bits per heavy atom. The van der Waals surface area contributed by atoms with Crippen molar-refractivity contribution in [1.29, 1.82) is 0 Å². The molecular formula is C15H19N3O4. The number of carbonyl (C=O) groups is 2. The fourth-order valence-corrected chi connectivity index (χ4v) is 2.34. The zero-order chi connectivity index (χ0) is 16.1. The summed E-state index contributed by atoms with van der Waals surface area (Å²) in [5, 5.41) is 9.39. The average Bonchev–Trinajstić information content (AvgIpc) is 2.99. The van der Waals surface area contributed by atoms with Gasteiger partial charge in [-0.15, -0.1) is 0 Å². The van der Waals surface area contributed by atoms with E-state index < -0.39 is 24.0 Å². The second-order valence-corrected chi connectivity index (χ2v) is 4.84. The lowest BCUT2D eigenvalue weighted by molar-refractivity contribution is -0.155. The minimum absolute atomic E-state index is 0.219. The molecule has 22 heavy (non-hydrogen) atoms. The van der Waals surface area contributed by atoms with Gasteiger partial charge in [-0.2, -0.15) is 5.11 Å². The summed E-state index contributed by atoms with van der Waals surface area (Å²) in [6.45, 7) is 3.82. The summed E-state index contributed by atoms with van der Waals surface area (Å²) in [4.78, 5) is 24.1. The van der Waals surface area contributed by atoms with Gasteiger partial charge in [-0.25, -0.2) is 9.59 Å². The number of methoxy groups -OCH3 is 1. The lowest BCUT2D eigenvalue weighted by atomic mass is 10.0. The molecule has 0 aromatic heterocycles. The van der Waals surface area contributed by atoms with Crippen molar-refractivity contribution >= 4 is 11.9 Å². The lowest BCUT2D eigenvalue weighted by Crippen LogP contribution is -2.47. The van der Waals surface area contributed by atoms with Gasteiger partial charge in [0.1, 0.15) is 0 Å². The number of carbonyl (C=O) groups excluding carboxylic acids is 2. The highest BCUT2D eigenvalue weighted by atomic mass is 16.5. The van der Waals surface area contributed by atoms with E-state index in [0.29, 0.717) is 0 Å². The van der Waals surface area contributed by atoms with Crippen LogP contribution in [0.3, 0.4) is 0 Å². The molecule has 0 saturated heterocycles. The molecule has 7 nitrogen and oxygen atoms in total. The van der Waals surface area contributed by atoms with Gasteiger partial charge in [-0.05, 0) is 19.4 Å². The van der Waals surface area contributed by atoms with E-state index in [1.807, 2.05) is 37.3 Å². The predicted molar refractivity (Wildman–Crippen MR) is 77.8 cm³/mol. The Morgan fingerprint density at radius 3 is 2.55 bits per heavy atom. The van der Waals surface area contributed by atoms with Gasteiger partial charge >= 0.3 is 11.9 Å². The number of benzene rings is 1. The number of esters is 2. The molecule has 3 atom stereocenters. The number of nitrogens with zero attached hydrogens (tertiary/aromatic N) is 3. The van der Waals surface area contributed by atoms with E-state index in [-0.39, 0.29) is 12.6 Å². The Bertz CT molecular complexity index is 561. The molecule has 1 aromatic carbocycles. The van der Waals surface area contributed by atoms with Crippen LogP contribution in [0, 0.1) is 0 Å². The van der Waals surface area contributed by atoms with Gasteiger partial charge in [0.2, 0.25) is 6.04 Å². The molecule has 1 heterocycles. The first kappa shape index (κ1) is 15.9. The molecule has 0 unspecified atom stereocenters. The third kappa shape index (κ3) is 3.08. The monoisotopic (exact) mass is 305 g/mol. The molecule has 0 fully saturated rings. The van der Waals surface area contributed by atoms with E-state index in [1.165, 1.54) is 12.1 Å². The van der Waals surface area contributed by atoms with Gasteiger partial charge in [-0.1, -0.05) is 35.6 Å². The van der Waals surface area contributed by atoms with Gasteiger partial charge in [-0.3, -0.25) is 5.01 Å². The molecule has 0 N–H and O–H groups in total. The Balaban J connectivity index is 2.27. The van der Waals surface area contributed by atoms with E-state index >= 15 is 0 Å². The second-order valence-electron chi connectivity index (χ2n) is 4.84. The van der Waals surface area contributed by atoms with Crippen LogP contribution in [0.25, 0.3) is 0 Å². The van der Waals surface area contributed by atoms with Crippen LogP contribution in [0.4, 0.5) is 0 Å². The third-order valence-electron chi connectivity index (χ3n) is 3.51. The van der Waals surface area contributed by atoms with E-state index in [1.54, 1.807) is 6.92 Å². The Morgan fingerprint density at radius 1 is 1.27 bits per heavy atom. The van der Waals surface area contributed by atoms with Crippen molar-refractivity contribution in [2.24, 2.45) is 10.3 Å². The van der Waals surface area contributed by atoms with Crippen LogP contribution in [-0.4, -0.2) is 42.7 Å². The molecule has 7 heteroatoms. The van der Waals surface area contributed by atoms with Crippen molar-refractivity contribution in [3.8, 4) is 0 Å². The number of hydrogen-bond acceptors (Lipinski definition) is 7. The molecule has 0 amide bonds. The van der Waals surface area contributed by atoms with Crippen molar-refractivity contribution in [2.45, 2.75) is 32.0 Å². The largest absolute Gasteiger partial charge is 0.467 e. The molecule has 1 aliphatic heterocycles. The summed E-state index contributed by atoms with van der Waals surface area (Å²) in [6, 6.07) is 7.41. The van der Waals surface area contributed by atoms with Crippen LogP contribution < -0.4 is 0 Å². The highest BCUT2D eigenvalue weighted by Crippen LogP contribution is 2.30. The number of rotatable bonds is 5. The molecular weight excluding hydrogens is 286 g/mol. The van der Waals surface area contributed by atoms with Gasteiger partial charge in [0.15, 0.2) is 6.04 Å². The topological polar surface area (TPSA) is 80.6 Å². The van der Waals surface area contributed by atoms with E-state index in [2.05, 4.69) is 10.3 Å². The Labute approximate surface area is 128 Å². The van der Waals surface area contributed by atoms with Gasteiger partial charge in [0.05, 0.1) is 19.8 Å². The second kappa shape index (κ2) is 7.02. The fourth-order valence-electron chi connectivity index (χ4n) is 2.34. The van der Waals surface area contributed by atoms with Crippen LogP contribution >= 0.6 is 0 Å². The first-order valence-corrected chi connectivity index (χ1v) is 7.08. The molecule has 0 aliphatic carbocycles. The standard InChI is InChI=1S/C15H19N3O4/c1-4-22-15(20)13-12(14(19)21-3)16-17-18(13)10(2)11-8-6-5-7-9-11/h5-10,12-13H,4H2,1-3H3/t10-,12-,13-/m1/s1. The fraction of sp³-hybridized carbons (Fsp3) is 0.467. The highest BCUT2D eigenvalue weighted by molar-refractivity contribution is 5.87. The van der Waals surface area contributed by atoms with Crippen molar-refractivity contribution in [3.05, 3.63) is 35.9 Å². The molecule has 1 aliphatic rings. The van der Waals surface area contributed by atoms with Crippen LogP contribution in [0.5, 0.6) is 0 Å². The SMILES string of the molecule is CCOC(=O)[C@H]1[C@H](C(=O)OC)N=NN1[C@H](C)c1ccccc1. The Hall–Kier alpha value is -2.44. The molecule has 0 radical (unpaired) electrons. The van der Waals surface area contributed by atoms with Crippen molar-refractivity contribution in [2.75, 3.05) is 13.7 Å². The minimum Gasteiger partial charge on any atom is -0.467 e. The molecule has 0 bridgehead atoms. The maximum atomic E-state index is 12.2. The lowest BCUT2D eigenvalue weighted by Gasteiger charge is -2.28. The van der Waals surface area contributed by atoms with Crippen molar-refractivity contribution < 1.29 is 19.1 Å². The quantitative estimate of drug-likeness (QED) is 0.776. The highest BCUT2D eigenvalue weighted by Gasteiger charge is 2.46. The van der Waals surface area contributed by atoms with E-state index in [9.17, 15) is 9.59 Å². The molecule has 0 saturated carbocycles.